The number of amides is 1. The third-order valence-electron chi connectivity index (χ3n) is 5.15. The number of carbonyl (C=O) groups excluding carboxylic acids is 1. The smallest absolute Gasteiger partial charge is 0.220 e. The van der Waals surface area contributed by atoms with E-state index in [0.717, 1.165) is 54.6 Å². The molecule has 1 saturated heterocycles. The molecule has 0 unspecified atom stereocenters. The topological polar surface area (TPSA) is 71.8 Å². The lowest BCUT2D eigenvalue weighted by molar-refractivity contribution is -0.121. The van der Waals surface area contributed by atoms with Gasteiger partial charge in [0.1, 0.15) is 0 Å². The lowest BCUT2D eigenvalue weighted by atomic mass is 10.1. The number of hydrogen-bond donors (Lipinski definition) is 1. The second-order valence-electron chi connectivity index (χ2n) is 7.12. The molecule has 142 valence electrons. The fraction of sp³-hybridized carbons (Fsp3) is 0.632. The van der Waals surface area contributed by atoms with Crippen LogP contribution in [-0.4, -0.2) is 64.3 Å². The Morgan fingerprint density at radius 2 is 2.04 bits per heavy atom. The number of hydrogen-bond acceptors (Lipinski definition) is 5. The molecule has 0 aliphatic carbocycles. The molecule has 7 heteroatoms. The summed E-state index contributed by atoms with van der Waals surface area (Å²) in [7, 11) is 0. The van der Waals surface area contributed by atoms with Crippen LogP contribution < -0.4 is 5.32 Å². The van der Waals surface area contributed by atoms with E-state index in [1.54, 1.807) is 0 Å². The quantitative estimate of drug-likeness (QED) is 0.845. The van der Waals surface area contributed by atoms with Crippen molar-refractivity contribution < 1.29 is 9.53 Å². The highest BCUT2D eigenvalue weighted by atomic mass is 16.5. The van der Waals surface area contributed by atoms with Gasteiger partial charge >= 0.3 is 0 Å². The molecule has 1 N–H and O–H groups in total. The average Bonchev–Trinajstić information content (AvgIpc) is 3.00. The molecule has 0 spiro atoms. The van der Waals surface area contributed by atoms with E-state index in [0.29, 0.717) is 25.4 Å². The van der Waals surface area contributed by atoms with Gasteiger partial charge in [-0.1, -0.05) is 0 Å². The van der Waals surface area contributed by atoms with Gasteiger partial charge in [0.2, 0.25) is 5.91 Å². The monoisotopic (exact) mass is 359 g/mol. The number of carbonyl (C=O) groups is 1. The lowest BCUT2D eigenvalue weighted by Gasteiger charge is -2.32. The Kier molecular flexibility index (Phi) is 5.88. The van der Waals surface area contributed by atoms with Crippen molar-refractivity contribution in [2.24, 2.45) is 0 Å². The Hall–Kier alpha value is -1.99. The van der Waals surface area contributed by atoms with Crippen molar-refractivity contribution in [2.75, 3.05) is 32.8 Å². The molecule has 2 aromatic heterocycles. The molecule has 2 aromatic rings. The van der Waals surface area contributed by atoms with Crippen LogP contribution in [-0.2, 0) is 16.0 Å². The molecular weight excluding hydrogens is 330 g/mol. The van der Waals surface area contributed by atoms with Gasteiger partial charge in [0.25, 0.3) is 0 Å². The Morgan fingerprint density at radius 3 is 2.77 bits per heavy atom. The fourth-order valence-corrected chi connectivity index (χ4v) is 3.54. The van der Waals surface area contributed by atoms with Crippen LogP contribution in [0.15, 0.2) is 6.07 Å². The minimum absolute atomic E-state index is 0.0839. The van der Waals surface area contributed by atoms with Crippen molar-refractivity contribution in [3.05, 3.63) is 28.7 Å². The summed E-state index contributed by atoms with van der Waals surface area (Å²) in [6.45, 7) is 12.3. The molecule has 3 heterocycles. The Balaban J connectivity index is 1.55. The van der Waals surface area contributed by atoms with Crippen molar-refractivity contribution in [3.63, 3.8) is 0 Å². The number of ether oxygens (including phenoxy) is 1. The van der Waals surface area contributed by atoms with Crippen LogP contribution >= 0.6 is 0 Å². The molecule has 1 aliphatic heterocycles. The first-order valence-corrected chi connectivity index (χ1v) is 9.36. The zero-order valence-electron chi connectivity index (χ0n) is 16.2. The first-order chi connectivity index (χ1) is 12.5. The molecule has 1 fully saturated rings. The summed E-state index contributed by atoms with van der Waals surface area (Å²) in [4.78, 5) is 19.3. The van der Waals surface area contributed by atoms with Crippen molar-refractivity contribution >= 4 is 11.6 Å². The fourth-order valence-electron chi connectivity index (χ4n) is 3.54. The highest BCUT2D eigenvalue weighted by molar-refractivity contribution is 5.76. The van der Waals surface area contributed by atoms with Crippen LogP contribution in [0.3, 0.4) is 0 Å². The molecular formula is C19H29N5O2. The van der Waals surface area contributed by atoms with E-state index >= 15 is 0 Å². The van der Waals surface area contributed by atoms with E-state index in [-0.39, 0.29) is 5.91 Å². The van der Waals surface area contributed by atoms with Crippen LogP contribution in [0.1, 0.15) is 36.0 Å². The van der Waals surface area contributed by atoms with Crippen molar-refractivity contribution in [3.8, 4) is 0 Å². The summed E-state index contributed by atoms with van der Waals surface area (Å²) in [5.74, 6) is 0.0839. The van der Waals surface area contributed by atoms with Crippen molar-refractivity contribution in [1.29, 1.82) is 0 Å². The van der Waals surface area contributed by atoms with Crippen LogP contribution in [0.25, 0.3) is 5.65 Å². The zero-order chi connectivity index (χ0) is 18.7. The average molecular weight is 359 g/mol. The molecule has 0 radical (unpaired) electrons. The molecule has 3 rings (SSSR count). The Bertz CT molecular complexity index is 780. The van der Waals surface area contributed by atoms with E-state index in [1.807, 2.05) is 31.4 Å². The van der Waals surface area contributed by atoms with Gasteiger partial charge in [-0.15, -0.1) is 0 Å². The summed E-state index contributed by atoms with van der Waals surface area (Å²) in [5, 5.41) is 7.56. The van der Waals surface area contributed by atoms with Crippen LogP contribution in [0.5, 0.6) is 0 Å². The number of aryl methyl sites for hydroxylation is 3. The van der Waals surface area contributed by atoms with Crippen molar-refractivity contribution in [2.45, 2.75) is 46.6 Å². The molecule has 7 nitrogen and oxygen atoms in total. The largest absolute Gasteiger partial charge is 0.379 e. The predicted octanol–water partition coefficient (Wildman–Crippen LogP) is 1.42. The van der Waals surface area contributed by atoms with Crippen LogP contribution in [0, 0.1) is 20.8 Å². The summed E-state index contributed by atoms with van der Waals surface area (Å²) in [6, 6.07) is 2.31. The van der Waals surface area contributed by atoms with Gasteiger partial charge in [-0.3, -0.25) is 9.69 Å². The maximum atomic E-state index is 12.3. The number of rotatable bonds is 6. The van der Waals surface area contributed by atoms with E-state index in [4.69, 9.17) is 4.74 Å². The first kappa shape index (κ1) is 18.8. The van der Waals surface area contributed by atoms with E-state index in [1.165, 1.54) is 0 Å². The summed E-state index contributed by atoms with van der Waals surface area (Å²) < 4.78 is 7.25. The van der Waals surface area contributed by atoms with E-state index in [2.05, 4.69) is 27.2 Å². The second-order valence-corrected chi connectivity index (χ2v) is 7.12. The third-order valence-corrected chi connectivity index (χ3v) is 5.15. The number of fused-ring (bicyclic) bond motifs is 1. The number of aromatic nitrogens is 3. The van der Waals surface area contributed by atoms with Gasteiger partial charge in [0.05, 0.1) is 18.9 Å². The van der Waals surface area contributed by atoms with Crippen LogP contribution in [0.2, 0.25) is 0 Å². The highest BCUT2D eigenvalue weighted by Crippen LogP contribution is 2.17. The first-order valence-electron chi connectivity index (χ1n) is 9.36. The SMILES string of the molecule is Cc1cc2nc(C)c(CCC(=O)NC[C@@H](C)N3CCOCC3)c(C)n2n1. The third kappa shape index (κ3) is 4.22. The maximum Gasteiger partial charge on any atom is 0.220 e. The molecule has 0 saturated carbocycles. The molecule has 0 bridgehead atoms. The van der Waals surface area contributed by atoms with Gasteiger partial charge in [-0.05, 0) is 39.7 Å². The van der Waals surface area contributed by atoms with Crippen molar-refractivity contribution in [1.82, 2.24) is 24.8 Å². The van der Waals surface area contributed by atoms with Crippen LogP contribution in [0.4, 0.5) is 0 Å². The van der Waals surface area contributed by atoms with Gasteiger partial charge in [0, 0.05) is 49.6 Å². The standard InChI is InChI=1S/C19H29N5O2/c1-13-11-18-21-15(3)17(16(4)24(18)22-13)5-6-19(25)20-12-14(2)23-7-9-26-10-8-23/h11,14H,5-10,12H2,1-4H3,(H,20,25)/t14-/m1/s1. The van der Waals surface area contributed by atoms with Gasteiger partial charge < -0.3 is 10.1 Å². The van der Waals surface area contributed by atoms with Gasteiger partial charge in [0.15, 0.2) is 5.65 Å². The van der Waals surface area contributed by atoms with Gasteiger partial charge in [-0.2, -0.15) is 5.10 Å². The number of morpholine rings is 1. The summed E-state index contributed by atoms with van der Waals surface area (Å²) >= 11 is 0. The van der Waals surface area contributed by atoms with E-state index < -0.39 is 0 Å². The zero-order valence-corrected chi connectivity index (χ0v) is 16.2. The lowest BCUT2D eigenvalue weighted by Crippen LogP contribution is -2.47. The Labute approximate surface area is 154 Å². The maximum absolute atomic E-state index is 12.3. The molecule has 0 aromatic carbocycles. The van der Waals surface area contributed by atoms with E-state index in [9.17, 15) is 4.79 Å². The number of nitrogens with zero attached hydrogens (tertiary/aromatic N) is 4. The highest BCUT2D eigenvalue weighted by Gasteiger charge is 2.18. The Morgan fingerprint density at radius 1 is 1.31 bits per heavy atom. The molecule has 1 atom stereocenters. The molecule has 1 aliphatic rings. The second kappa shape index (κ2) is 8.14. The predicted molar refractivity (Wildman–Crippen MR) is 100 cm³/mol. The summed E-state index contributed by atoms with van der Waals surface area (Å²) in [6.07, 6.45) is 1.14. The minimum Gasteiger partial charge on any atom is -0.379 e. The van der Waals surface area contributed by atoms with Gasteiger partial charge in [-0.25, -0.2) is 9.50 Å². The minimum atomic E-state index is 0.0839. The molecule has 1 amide bonds. The summed E-state index contributed by atoms with van der Waals surface area (Å²) in [5.41, 5.74) is 4.97. The molecule has 26 heavy (non-hydrogen) atoms. The normalized spacial score (nSPS) is 16.8. The number of nitrogens with one attached hydrogen (secondary N) is 1.